The standard InChI is InChI=1S/C12H16ClNO3/c1-8(15)12(16)14-6-5-9-7-10(13)3-4-11(9)17-2/h3-4,7-8,15H,5-6H2,1-2H3,(H,14,16). The van der Waals surface area contributed by atoms with Gasteiger partial charge in [0.15, 0.2) is 0 Å². The van der Waals surface area contributed by atoms with E-state index < -0.39 is 6.10 Å². The van der Waals surface area contributed by atoms with Gasteiger partial charge in [-0.1, -0.05) is 11.6 Å². The van der Waals surface area contributed by atoms with Crippen molar-refractivity contribution in [2.24, 2.45) is 0 Å². The maximum absolute atomic E-state index is 11.1. The lowest BCUT2D eigenvalue weighted by atomic mass is 10.1. The van der Waals surface area contributed by atoms with Crippen molar-refractivity contribution in [2.45, 2.75) is 19.4 Å². The number of carbonyl (C=O) groups is 1. The summed E-state index contributed by atoms with van der Waals surface area (Å²) in [7, 11) is 1.58. The van der Waals surface area contributed by atoms with Crippen LogP contribution in [0.15, 0.2) is 18.2 Å². The number of carbonyl (C=O) groups excluding carboxylic acids is 1. The fraction of sp³-hybridized carbons (Fsp3) is 0.417. The zero-order chi connectivity index (χ0) is 12.8. The first-order valence-corrected chi connectivity index (χ1v) is 5.70. The Labute approximate surface area is 106 Å². The number of aliphatic hydroxyl groups is 1. The molecule has 0 aliphatic rings. The summed E-state index contributed by atoms with van der Waals surface area (Å²) >= 11 is 5.88. The predicted molar refractivity (Wildman–Crippen MR) is 66.4 cm³/mol. The van der Waals surface area contributed by atoms with Gasteiger partial charge in [-0.05, 0) is 37.1 Å². The molecule has 0 spiro atoms. The highest BCUT2D eigenvalue weighted by atomic mass is 35.5. The summed E-state index contributed by atoms with van der Waals surface area (Å²) in [5, 5.41) is 12.2. The van der Waals surface area contributed by atoms with Crippen molar-refractivity contribution in [1.82, 2.24) is 5.32 Å². The highest BCUT2D eigenvalue weighted by Crippen LogP contribution is 2.22. The summed E-state index contributed by atoms with van der Waals surface area (Å²) < 4.78 is 5.18. The average Bonchev–Trinajstić information content (AvgIpc) is 2.29. The van der Waals surface area contributed by atoms with Crippen molar-refractivity contribution in [3.05, 3.63) is 28.8 Å². The van der Waals surface area contributed by atoms with E-state index in [1.54, 1.807) is 25.3 Å². The molecule has 94 valence electrons. The predicted octanol–water partition coefficient (Wildman–Crippen LogP) is 1.39. The van der Waals surface area contributed by atoms with Crippen molar-refractivity contribution in [1.29, 1.82) is 0 Å². The van der Waals surface area contributed by atoms with E-state index in [0.29, 0.717) is 18.0 Å². The number of benzene rings is 1. The van der Waals surface area contributed by atoms with Crippen LogP contribution in [0.3, 0.4) is 0 Å². The van der Waals surface area contributed by atoms with E-state index in [1.165, 1.54) is 6.92 Å². The molecule has 0 saturated heterocycles. The molecule has 1 aromatic rings. The number of methoxy groups -OCH3 is 1. The van der Waals surface area contributed by atoms with E-state index in [9.17, 15) is 4.79 Å². The molecule has 1 unspecified atom stereocenters. The minimum absolute atomic E-state index is 0.383. The fourth-order valence-corrected chi connectivity index (χ4v) is 1.61. The minimum atomic E-state index is -0.990. The van der Waals surface area contributed by atoms with Crippen LogP contribution in [0, 0.1) is 0 Å². The molecule has 0 heterocycles. The number of amides is 1. The molecule has 0 radical (unpaired) electrons. The van der Waals surface area contributed by atoms with E-state index >= 15 is 0 Å². The molecular formula is C12H16ClNO3. The van der Waals surface area contributed by atoms with Gasteiger partial charge in [0.1, 0.15) is 11.9 Å². The van der Waals surface area contributed by atoms with Crippen LogP contribution in [0.5, 0.6) is 5.75 Å². The Kier molecular flexibility index (Phi) is 5.25. The van der Waals surface area contributed by atoms with Crippen molar-refractivity contribution in [3.8, 4) is 5.75 Å². The molecule has 0 aliphatic carbocycles. The molecule has 0 aromatic heterocycles. The summed E-state index contributed by atoms with van der Waals surface area (Å²) in [6, 6.07) is 5.33. The van der Waals surface area contributed by atoms with Crippen LogP contribution >= 0.6 is 11.6 Å². The molecule has 17 heavy (non-hydrogen) atoms. The molecule has 1 atom stereocenters. The third-order valence-electron chi connectivity index (χ3n) is 2.32. The molecular weight excluding hydrogens is 242 g/mol. The van der Waals surface area contributed by atoms with Crippen LogP contribution in [0.1, 0.15) is 12.5 Å². The number of hydrogen-bond acceptors (Lipinski definition) is 3. The Morgan fingerprint density at radius 2 is 2.29 bits per heavy atom. The van der Waals surface area contributed by atoms with Crippen LogP contribution in [-0.4, -0.2) is 30.8 Å². The van der Waals surface area contributed by atoms with Gasteiger partial charge < -0.3 is 15.2 Å². The quantitative estimate of drug-likeness (QED) is 0.838. The minimum Gasteiger partial charge on any atom is -0.496 e. The Balaban J connectivity index is 2.56. The normalized spacial score (nSPS) is 12.0. The first-order chi connectivity index (χ1) is 8.04. The van der Waals surface area contributed by atoms with Gasteiger partial charge in [-0.2, -0.15) is 0 Å². The molecule has 4 nitrogen and oxygen atoms in total. The molecule has 0 bridgehead atoms. The van der Waals surface area contributed by atoms with Crippen molar-refractivity contribution in [3.63, 3.8) is 0 Å². The Bertz CT molecular complexity index is 393. The van der Waals surface area contributed by atoms with E-state index in [-0.39, 0.29) is 5.91 Å². The monoisotopic (exact) mass is 257 g/mol. The van der Waals surface area contributed by atoms with Crippen LogP contribution in [0.2, 0.25) is 5.02 Å². The largest absolute Gasteiger partial charge is 0.496 e. The average molecular weight is 258 g/mol. The van der Waals surface area contributed by atoms with Gasteiger partial charge >= 0.3 is 0 Å². The van der Waals surface area contributed by atoms with E-state index in [4.69, 9.17) is 21.4 Å². The third-order valence-corrected chi connectivity index (χ3v) is 2.55. The molecule has 5 heteroatoms. The second-order valence-corrected chi connectivity index (χ2v) is 4.11. The molecule has 0 fully saturated rings. The molecule has 1 aromatic carbocycles. The number of nitrogens with one attached hydrogen (secondary N) is 1. The van der Waals surface area contributed by atoms with Gasteiger partial charge in [-0.25, -0.2) is 0 Å². The smallest absolute Gasteiger partial charge is 0.248 e. The van der Waals surface area contributed by atoms with Crippen LogP contribution in [-0.2, 0) is 11.2 Å². The zero-order valence-corrected chi connectivity index (χ0v) is 10.6. The Morgan fingerprint density at radius 3 is 2.88 bits per heavy atom. The summed E-state index contributed by atoms with van der Waals surface area (Å²) in [5.74, 6) is 0.353. The second-order valence-electron chi connectivity index (χ2n) is 3.67. The van der Waals surface area contributed by atoms with Crippen molar-refractivity contribution < 1.29 is 14.6 Å². The van der Waals surface area contributed by atoms with Gasteiger partial charge in [0.2, 0.25) is 5.91 Å². The Hall–Kier alpha value is -1.26. The van der Waals surface area contributed by atoms with Crippen molar-refractivity contribution in [2.75, 3.05) is 13.7 Å². The van der Waals surface area contributed by atoms with Crippen LogP contribution in [0.4, 0.5) is 0 Å². The fourth-order valence-electron chi connectivity index (χ4n) is 1.41. The summed E-state index contributed by atoms with van der Waals surface area (Å²) in [6.07, 6.45) is -0.390. The van der Waals surface area contributed by atoms with E-state index in [1.807, 2.05) is 0 Å². The zero-order valence-electron chi connectivity index (χ0n) is 9.87. The van der Waals surface area contributed by atoms with Gasteiger partial charge in [-0.15, -0.1) is 0 Å². The first kappa shape index (κ1) is 13.8. The first-order valence-electron chi connectivity index (χ1n) is 5.32. The molecule has 1 amide bonds. The molecule has 0 saturated carbocycles. The maximum Gasteiger partial charge on any atom is 0.248 e. The van der Waals surface area contributed by atoms with Gasteiger partial charge in [0.25, 0.3) is 0 Å². The van der Waals surface area contributed by atoms with Gasteiger partial charge in [0.05, 0.1) is 7.11 Å². The summed E-state index contributed by atoms with van der Waals surface area (Å²) in [4.78, 5) is 11.1. The number of ether oxygens (including phenoxy) is 1. The van der Waals surface area contributed by atoms with Gasteiger partial charge in [0, 0.05) is 11.6 Å². The van der Waals surface area contributed by atoms with Crippen LogP contribution < -0.4 is 10.1 Å². The van der Waals surface area contributed by atoms with Gasteiger partial charge in [-0.3, -0.25) is 4.79 Å². The topological polar surface area (TPSA) is 58.6 Å². The Morgan fingerprint density at radius 1 is 1.59 bits per heavy atom. The SMILES string of the molecule is COc1ccc(Cl)cc1CCNC(=O)C(C)O. The summed E-state index contributed by atoms with van der Waals surface area (Å²) in [6.45, 7) is 1.86. The van der Waals surface area contributed by atoms with Crippen LogP contribution in [0.25, 0.3) is 0 Å². The number of aliphatic hydroxyl groups excluding tert-OH is 1. The third kappa shape index (κ3) is 4.24. The lowest BCUT2D eigenvalue weighted by molar-refractivity contribution is -0.128. The van der Waals surface area contributed by atoms with E-state index in [2.05, 4.69) is 5.32 Å². The molecule has 2 N–H and O–H groups in total. The molecule has 0 aliphatic heterocycles. The lowest BCUT2D eigenvalue weighted by Gasteiger charge is -2.10. The lowest BCUT2D eigenvalue weighted by Crippen LogP contribution is -2.33. The summed E-state index contributed by atoms with van der Waals surface area (Å²) in [5.41, 5.74) is 0.922. The maximum atomic E-state index is 11.1. The molecule has 1 rings (SSSR count). The highest BCUT2D eigenvalue weighted by Gasteiger charge is 2.08. The van der Waals surface area contributed by atoms with Crippen molar-refractivity contribution >= 4 is 17.5 Å². The number of halogens is 1. The number of rotatable bonds is 5. The van der Waals surface area contributed by atoms with E-state index in [0.717, 1.165) is 11.3 Å². The number of hydrogen-bond donors (Lipinski definition) is 2. The second kappa shape index (κ2) is 6.47. The highest BCUT2D eigenvalue weighted by molar-refractivity contribution is 6.30.